The largest absolute Gasteiger partial charge is 0.507 e. The SMILES string of the molecule is CNCC#Cc1ccc(O)c2c1CC1CC3C(N(C)C)C(=O)C(C(N)=O)C(=O)C3(O)C(=O)C1C2=O. The normalized spacial score (nSPS) is 31.9. The Kier molecular flexibility index (Phi) is 6.13. The highest BCUT2D eigenvalue weighted by Gasteiger charge is 2.69. The minimum Gasteiger partial charge on any atom is -0.507 e. The van der Waals surface area contributed by atoms with Gasteiger partial charge in [-0.2, -0.15) is 0 Å². The molecule has 0 heterocycles. The van der Waals surface area contributed by atoms with Crippen LogP contribution >= 0.6 is 0 Å². The first-order chi connectivity index (χ1) is 16.5. The van der Waals surface area contributed by atoms with Crippen LogP contribution in [0.5, 0.6) is 5.75 Å². The molecule has 4 rings (SSSR count). The Hall–Kier alpha value is -3.39. The summed E-state index contributed by atoms with van der Waals surface area (Å²) in [5, 5.41) is 24.9. The van der Waals surface area contributed by atoms with Crippen LogP contribution in [0.1, 0.15) is 27.9 Å². The molecule has 0 aromatic heterocycles. The molecule has 3 aliphatic rings. The number of phenols is 1. The molecule has 184 valence electrons. The van der Waals surface area contributed by atoms with Crippen molar-refractivity contribution in [1.29, 1.82) is 0 Å². The van der Waals surface area contributed by atoms with Gasteiger partial charge in [0, 0.05) is 11.5 Å². The number of primary amides is 1. The van der Waals surface area contributed by atoms with Crippen LogP contribution in [-0.4, -0.2) is 83.5 Å². The highest BCUT2D eigenvalue weighted by atomic mass is 16.3. The second-order valence-corrected chi connectivity index (χ2v) is 9.61. The van der Waals surface area contributed by atoms with Gasteiger partial charge >= 0.3 is 0 Å². The molecule has 1 aromatic carbocycles. The molecule has 2 fully saturated rings. The van der Waals surface area contributed by atoms with E-state index >= 15 is 0 Å². The van der Waals surface area contributed by atoms with Crippen molar-refractivity contribution in [2.24, 2.45) is 29.4 Å². The Labute approximate surface area is 201 Å². The molecule has 0 saturated heterocycles. The fraction of sp³-hybridized carbons (Fsp3) is 0.480. The average molecular weight is 482 g/mol. The molecule has 35 heavy (non-hydrogen) atoms. The molecule has 10 nitrogen and oxygen atoms in total. The van der Waals surface area contributed by atoms with E-state index in [2.05, 4.69) is 17.2 Å². The standard InChI is InChI=1S/C25H27N3O7/c1-27-8-4-5-11-6-7-15(29)17-13(11)9-12-10-14-19(28(2)3)21(31)18(24(26)34)23(33)25(14,35)22(32)16(12)20(17)30/h6-7,12,14,16,18-19,27,29,35H,8-10H2,1-3H3,(H2,26,34). The minimum absolute atomic E-state index is 0.00291. The Balaban J connectivity index is 1.86. The highest BCUT2D eigenvalue weighted by molar-refractivity contribution is 6.32. The zero-order valence-electron chi connectivity index (χ0n) is 19.6. The summed E-state index contributed by atoms with van der Waals surface area (Å²) in [5.74, 6) is -4.71. The van der Waals surface area contributed by atoms with Gasteiger partial charge in [0.15, 0.2) is 34.7 Å². The number of rotatable bonds is 3. The van der Waals surface area contributed by atoms with Crippen molar-refractivity contribution < 1.29 is 34.2 Å². The van der Waals surface area contributed by atoms with E-state index in [1.54, 1.807) is 27.2 Å². The van der Waals surface area contributed by atoms with Crippen LogP contribution in [-0.2, 0) is 25.6 Å². The Morgan fingerprint density at radius 3 is 2.51 bits per heavy atom. The highest BCUT2D eigenvalue weighted by Crippen LogP contribution is 2.50. The molecular formula is C25H27N3O7. The van der Waals surface area contributed by atoms with E-state index in [0.29, 0.717) is 17.7 Å². The Bertz CT molecular complexity index is 1230. The topological polar surface area (TPSA) is 167 Å². The third-order valence-electron chi connectivity index (χ3n) is 7.43. The Morgan fingerprint density at radius 1 is 1.23 bits per heavy atom. The third kappa shape index (κ3) is 3.50. The number of carbonyl (C=O) groups excluding carboxylic acids is 5. The summed E-state index contributed by atoms with van der Waals surface area (Å²) in [6.07, 6.45) is 0.187. The van der Waals surface area contributed by atoms with Crippen LogP contribution in [0.4, 0.5) is 0 Å². The number of amides is 1. The van der Waals surface area contributed by atoms with Crippen LogP contribution in [0.15, 0.2) is 12.1 Å². The second-order valence-electron chi connectivity index (χ2n) is 9.61. The minimum atomic E-state index is -2.73. The zero-order chi connectivity index (χ0) is 25.8. The molecule has 0 bridgehead atoms. The number of carbonyl (C=O) groups is 5. The van der Waals surface area contributed by atoms with Crippen LogP contribution < -0.4 is 11.1 Å². The van der Waals surface area contributed by atoms with Gasteiger partial charge in [0.1, 0.15) is 5.75 Å². The number of ketones is 4. The fourth-order valence-corrected chi connectivity index (χ4v) is 5.95. The summed E-state index contributed by atoms with van der Waals surface area (Å²) in [6, 6.07) is 1.79. The van der Waals surface area contributed by atoms with E-state index in [1.807, 2.05) is 0 Å². The maximum absolute atomic E-state index is 13.7. The van der Waals surface area contributed by atoms with Gasteiger partial charge in [-0.1, -0.05) is 11.8 Å². The molecule has 2 saturated carbocycles. The van der Waals surface area contributed by atoms with Crippen molar-refractivity contribution in [3.05, 3.63) is 28.8 Å². The molecule has 6 unspecified atom stereocenters. The number of benzene rings is 1. The lowest BCUT2D eigenvalue weighted by atomic mass is 9.52. The van der Waals surface area contributed by atoms with Crippen molar-refractivity contribution in [1.82, 2.24) is 10.2 Å². The lowest BCUT2D eigenvalue weighted by Gasteiger charge is -2.52. The average Bonchev–Trinajstić information content (AvgIpc) is 2.77. The number of nitrogens with zero attached hydrogens (tertiary/aromatic N) is 1. The van der Waals surface area contributed by atoms with Crippen molar-refractivity contribution in [2.75, 3.05) is 27.7 Å². The van der Waals surface area contributed by atoms with Gasteiger partial charge in [-0.3, -0.25) is 28.9 Å². The second kappa shape index (κ2) is 8.68. The lowest BCUT2D eigenvalue weighted by molar-refractivity contribution is -0.181. The number of phenolic OH excluding ortho intramolecular Hbond substituents is 1. The van der Waals surface area contributed by atoms with E-state index < -0.39 is 64.4 Å². The van der Waals surface area contributed by atoms with Crippen LogP contribution in [0.2, 0.25) is 0 Å². The number of aliphatic hydroxyl groups is 1. The van der Waals surface area contributed by atoms with Crippen molar-refractivity contribution in [2.45, 2.75) is 24.5 Å². The van der Waals surface area contributed by atoms with Crippen LogP contribution in [0, 0.1) is 35.5 Å². The maximum atomic E-state index is 13.7. The molecule has 1 amide bonds. The maximum Gasteiger partial charge on any atom is 0.235 e. The fourth-order valence-electron chi connectivity index (χ4n) is 5.95. The summed E-state index contributed by atoms with van der Waals surface area (Å²) in [5.41, 5.74) is 3.54. The molecule has 3 aliphatic carbocycles. The smallest absolute Gasteiger partial charge is 0.235 e. The van der Waals surface area contributed by atoms with Gasteiger partial charge in [0.05, 0.1) is 24.1 Å². The Morgan fingerprint density at radius 2 is 1.91 bits per heavy atom. The van der Waals surface area contributed by atoms with E-state index in [-0.39, 0.29) is 24.2 Å². The van der Waals surface area contributed by atoms with Crippen LogP contribution in [0.3, 0.4) is 0 Å². The molecule has 10 heteroatoms. The van der Waals surface area contributed by atoms with E-state index in [1.165, 1.54) is 11.0 Å². The number of hydrogen-bond donors (Lipinski definition) is 4. The van der Waals surface area contributed by atoms with Gasteiger partial charge in [0.25, 0.3) is 0 Å². The number of aromatic hydroxyl groups is 1. The van der Waals surface area contributed by atoms with E-state index in [4.69, 9.17) is 5.73 Å². The third-order valence-corrected chi connectivity index (χ3v) is 7.43. The zero-order valence-corrected chi connectivity index (χ0v) is 19.6. The van der Waals surface area contributed by atoms with Gasteiger partial charge in [-0.15, -0.1) is 0 Å². The quantitative estimate of drug-likeness (QED) is 0.295. The first kappa shape index (κ1) is 24.7. The molecule has 0 aliphatic heterocycles. The van der Waals surface area contributed by atoms with Crippen molar-refractivity contribution in [3.63, 3.8) is 0 Å². The van der Waals surface area contributed by atoms with Crippen molar-refractivity contribution >= 4 is 29.0 Å². The van der Waals surface area contributed by atoms with Crippen molar-refractivity contribution in [3.8, 4) is 17.6 Å². The van der Waals surface area contributed by atoms with Gasteiger partial charge in [-0.25, -0.2) is 0 Å². The number of nitrogens with one attached hydrogen (secondary N) is 1. The van der Waals surface area contributed by atoms with Gasteiger partial charge in [0.2, 0.25) is 5.91 Å². The predicted molar refractivity (Wildman–Crippen MR) is 122 cm³/mol. The number of fused-ring (bicyclic) bond motifs is 3. The predicted octanol–water partition coefficient (Wildman–Crippen LogP) is -1.56. The van der Waals surface area contributed by atoms with E-state index in [9.17, 15) is 34.2 Å². The number of nitrogens with two attached hydrogens (primary N) is 1. The first-order valence-electron chi connectivity index (χ1n) is 11.3. The van der Waals surface area contributed by atoms with Gasteiger partial charge in [-0.05, 0) is 57.6 Å². The molecule has 0 spiro atoms. The first-order valence-corrected chi connectivity index (χ1v) is 11.3. The molecule has 6 atom stereocenters. The summed E-state index contributed by atoms with van der Waals surface area (Å²) in [4.78, 5) is 67.0. The molecule has 5 N–H and O–H groups in total. The number of hydrogen-bond acceptors (Lipinski definition) is 9. The summed E-state index contributed by atoms with van der Waals surface area (Å²) < 4.78 is 0. The summed E-state index contributed by atoms with van der Waals surface area (Å²) >= 11 is 0. The molecule has 0 radical (unpaired) electrons. The summed E-state index contributed by atoms with van der Waals surface area (Å²) in [7, 11) is 4.82. The van der Waals surface area contributed by atoms with Crippen LogP contribution in [0.25, 0.3) is 0 Å². The number of Topliss-reactive ketones (excluding diaryl/α,β-unsaturated/α-hetero) is 4. The summed E-state index contributed by atoms with van der Waals surface area (Å²) in [6.45, 7) is 0.402. The lowest BCUT2D eigenvalue weighted by Crippen LogP contribution is -2.74. The van der Waals surface area contributed by atoms with Gasteiger partial charge < -0.3 is 21.3 Å². The monoisotopic (exact) mass is 481 g/mol. The molecular weight excluding hydrogens is 454 g/mol. The number of likely N-dealkylation sites (N-methyl/N-ethyl adjacent to an activating group) is 1. The van der Waals surface area contributed by atoms with E-state index in [0.717, 1.165) is 0 Å². The molecule has 1 aromatic rings.